The van der Waals surface area contributed by atoms with E-state index in [0.717, 1.165) is 29.7 Å². The third-order valence-corrected chi connectivity index (χ3v) is 6.08. The Morgan fingerprint density at radius 3 is 2.71 bits per heavy atom. The van der Waals surface area contributed by atoms with E-state index in [1.807, 2.05) is 25.2 Å². The number of hydrogen-bond donors (Lipinski definition) is 2. The lowest BCUT2D eigenvalue weighted by molar-refractivity contribution is -0.128. The van der Waals surface area contributed by atoms with E-state index in [1.165, 1.54) is 19.3 Å². The lowest BCUT2D eigenvalue weighted by Gasteiger charge is -2.43. The van der Waals surface area contributed by atoms with Crippen LogP contribution in [0.4, 0.5) is 0 Å². The van der Waals surface area contributed by atoms with Gasteiger partial charge in [-0.15, -0.1) is 0 Å². The molecule has 2 unspecified atom stereocenters. The van der Waals surface area contributed by atoms with Crippen LogP contribution < -0.4 is 11.1 Å². The van der Waals surface area contributed by atoms with Crippen molar-refractivity contribution in [3.8, 4) is 0 Å². The number of aromatic nitrogens is 2. The summed E-state index contributed by atoms with van der Waals surface area (Å²) in [5.41, 5.74) is 8.40. The number of aryl methyl sites for hydroxylation is 1. The van der Waals surface area contributed by atoms with Gasteiger partial charge in [0.25, 0.3) is 0 Å². The molecule has 0 radical (unpaired) electrons. The number of rotatable bonds is 3. The number of carbonyl (C=O) groups excluding carboxylic acids is 1. The van der Waals surface area contributed by atoms with Crippen LogP contribution in [-0.2, 0) is 18.4 Å². The van der Waals surface area contributed by atoms with E-state index in [-0.39, 0.29) is 11.8 Å². The number of amides is 1. The minimum absolute atomic E-state index is 0.120. The monoisotopic (exact) mass is 326 g/mol. The molecule has 1 aromatic heterocycles. The summed E-state index contributed by atoms with van der Waals surface area (Å²) in [4.78, 5) is 17.3. The average Bonchev–Trinajstić information content (AvgIpc) is 2.89. The second kappa shape index (κ2) is 6.20. The zero-order valence-corrected chi connectivity index (χ0v) is 14.2. The van der Waals surface area contributed by atoms with E-state index in [4.69, 9.17) is 5.73 Å². The van der Waals surface area contributed by atoms with Gasteiger partial charge in [0.15, 0.2) is 0 Å². The van der Waals surface area contributed by atoms with Crippen molar-refractivity contribution >= 4 is 16.9 Å². The first-order valence-electron chi connectivity index (χ1n) is 9.07. The molecule has 5 heteroatoms. The van der Waals surface area contributed by atoms with Gasteiger partial charge < -0.3 is 15.6 Å². The van der Waals surface area contributed by atoms with Gasteiger partial charge in [-0.1, -0.05) is 18.6 Å². The van der Waals surface area contributed by atoms with Crippen LogP contribution in [0.3, 0.4) is 0 Å². The van der Waals surface area contributed by atoms with Crippen LogP contribution in [0.15, 0.2) is 24.3 Å². The van der Waals surface area contributed by atoms with Crippen molar-refractivity contribution in [3.63, 3.8) is 0 Å². The third-order valence-electron chi connectivity index (χ3n) is 6.08. The zero-order valence-electron chi connectivity index (χ0n) is 14.2. The first-order chi connectivity index (χ1) is 11.6. The molecule has 2 fully saturated rings. The highest BCUT2D eigenvalue weighted by Crippen LogP contribution is 2.41. The molecule has 0 spiro atoms. The minimum atomic E-state index is 0.120. The number of para-hydroxylation sites is 2. The Hall–Kier alpha value is -1.88. The molecule has 128 valence electrons. The molecule has 1 aromatic carbocycles. The first-order valence-corrected chi connectivity index (χ1v) is 9.07. The molecular weight excluding hydrogens is 300 g/mol. The highest BCUT2D eigenvalue weighted by molar-refractivity contribution is 5.79. The third kappa shape index (κ3) is 2.71. The summed E-state index contributed by atoms with van der Waals surface area (Å²) in [7, 11) is 2.00. The molecule has 1 amide bonds. The number of nitrogens with one attached hydrogen (secondary N) is 1. The van der Waals surface area contributed by atoms with Crippen LogP contribution in [0.2, 0.25) is 0 Å². The van der Waals surface area contributed by atoms with Crippen LogP contribution in [-0.4, -0.2) is 21.5 Å². The predicted molar refractivity (Wildman–Crippen MR) is 94.1 cm³/mol. The summed E-state index contributed by atoms with van der Waals surface area (Å²) >= 11 is 0. The SMILES string of the molecule is Cn1c(CNC(=O)C2CC3CCCC(C2)C3N)nc2ccccc21. The molecule has 3 N–H and O–H groups in total. The number of nitrogens with zero attached hydrogens (tertiary/aromatic N) is 2. The topological polar surface area (TPSA) is 72.9 Å². The lowest BCUT2D eigenvalue weighted by atomic mass is 9.65. The van der Waals surface area contributed by atoms with E-state index in [9.17, 15) is 4.79 Å². The fraction of sp³-hybridized carbons (Fsp3) is 0.579. The van der Waals surface area contributed by atoms with Crippen LogP contribution in [0.25, 0.3) is 11.0 Å². The average molecular weight is 326 g/mol. The van der Waals surface area contributed by atoms with Crippen molar-refractivity contribution in [1.82, 2.24) is 14.9 Å². The van der Waals surface area contributed by atoms with Crippen molar-refractivity contribution in [2.24, 2.45) is 30.5 Å². The number of imidazole rings is 1. The maximum Gasteiger partial charge on any atom is 0.223 e. The minimum Gasteiger partial charge on any atom is -0.349 e. The summed E-state index contributed by atoms with van der Waals surface area (Å²) in [6.45, 7) is 0.488. The van der Waals surface area contributed by atoms with E-state index in [0.29, 0.717) is 24.4 Å². The quantitative estimate of drug-likeness (QED) is 0.909. The Labute approximate surface area is 142 Å². The molecule has 1 heterocycles. The number of benzene rings is 1. The standard InChI is InChI=1S/C19H26N4O/c1-23-16-8-3-2-7-15(16)22-17(23)11-21-19(24)14-9-12-5-4-6-13(10-14)18(12)20/h2-3,7-8,12-14,18H,4-6,9-11,20H2,1H3,(H,21,24). The predicted octanol–water partition coefficient (Wildman–Crippen LogP) is 2.34. The molecule has 4 rings (SSSR count). The summed E-state index contributed by atoms with van der Waals surface area (Å²) in [5, 5.41) is 3.11. The van der Waals surface area contributed by atoms with Gasteiger partial charge >= 0.3 is 0 Å². The van der Waals surface area contributed by atoms with Crippen molar-refractivity contribution < 1.29 is 4.79 Å². The van der Waals surface area contributed by atoms with Gasteiger partial charge in [0.1, 0.15) is 5.82 Å². The molecule has 2 saturated carbocycles. The number of carbonyl (C=O) groups is 1. The summed E-state index contributed by atoms with van der Waals surface area (Å²) in [6, 6.07) is 8.36. The van der Waals surface area contributed by atoms with E-state index in [2.05, 4.69) is 20.9 Å². The van der Waals surface area contributed by atoms with E-state index < -0.39 is 0 Å². The Morgan fingerprint density at radius 2 is 2.00 bits per heavy atom. The van der Waals surface area contributed by atoms with E-state index in [1.54, 1.807) is 0 Å². The van der Waals surface area contributed by atoms with Crippen molar-refractivity contribution in [2.75, 3.05) is 0 Å². The number of nitrogens with two attached hydrogens (primary N) is 1. The lowest BCUT2D eigenvalue weighted by Crippen LogP contribution is -2.49. The largest absolute Gasteiger partial charge is 0.349 e. The molecule has 5 nitrogen and oxygen atoms in total. The molecule has 2 aliphatic rings. The highest BCUT2D eigenvalue weighted by Gasteiger charge is 2.40. The summed E-state index contributed by atoms with van der Waals surface area (Å²) in [5.74, 6) is 2.26. The second-order valence-corrected chi connectivity index (χ2v) is 7.49. The fourth-order valence-corrected chi connectivity index (χ4v) is 4.67. The van der Waals surface area contributed by atoms with Crippen molar-refractivity contribution in [3.05, 3.63) is 30.1 Å². The van der Waals surface area contributed by atoms with Crippen LogP contribution >= 0.6 is 0 Å². The molecule has 0 saturated heterocycles. The van der Waals surface area contributed by atoms with Gasteiger partial charge in [0.2, 0.25) is 5.91 Å². The van der Waals surface area contributed by atoms with E-state index >= 15 is 0 Å². The first kappa shape index (κ1) is 15.6. The molecular formula is C19H26N4O. The number of hydrogen-bond acceptors (Lipinski definition) is 3. The van der Waals surface area contributed by atoms with Crippen molar-refractivity contribution in [2.45, 2.75) is 44.7 Å². The zero-order chi connectivity index (χ0) is 16.7. The summed E-state index contributed by atoms with van der Waals surface area (Å²) < 4.78 is 2.06. The Kier molecular flexibility index (Phi) is 4.04. The van der Waals surface area contributed by atoms with Crippen LogP contribution in [0.5, 0.6) is 0 Å². The molecule has 2 bridgehead atoms. The van der Waals surface area contributed by atoms with Gasteiger partial charge in [-0.05, 0) is 49.7 Å². The molecule has 24 heavy (non-hydrogen) atoms. The van der Waals surface area contributed by atoms with Gasteiger partial charge in [-0.25, -0.2) is 4.98 Å². The smallest absolute Gasteiger partial charge is 0.223 e. The number of fused-ring (bicyclic) bond motifs is 3. The maximum absolute atomic E-state index is 12.6. The molecule has 0 aliphatic heterocycles. The van der Waals surface area contributed by atoms with Gasteiger partial charge in [0, 0.05) is 19.0 Å². The second-order valence-electron chi connectivity index (χ2n) is 7.49. The molecule has 2 aromatic rings. The summed E-state index contributed by atoms with van der Waals surface area (Å²) in [6.07, 6.45) is 5.55. The Balaban J connectivity index is 1.42. The van der Waals surface area contributed by atoms with Crippen LogP contribution in [0.1, 0.15) is 37.9 Å². The highest BCUT2D eigenvalue weighted by atomic mass is 16.1. The molecule has 2 atom stereocenters. The van der Waals surface area contributed by atoms with Gasteiger partial charge in [0.05, 0.1) is 17.6 Å². The fourth-order valence-electron chi connectivity index (χ4n) is 4.67. The van der Waals surface area contributed by atoms with Crippen LogP contribution in [0, 0.1) is 17.8 Å². The Bertz CT molecular complexity index is 739. The normalized spacial score (nSPS) is 29.6. The Morgan fingerprint density at radius 1 is 1.29 bits per heavy atom. The van der Waals surface area contributed by atoms with Crippen molar-refractivity contribution in [1.29, 1.82) is 0 Å². The molecule has 2 aliphatic carbocycles. The maximum atomic E-state index is 12.6. The van der Waals surface area contributed by atoms with Gasteiger partial charge in [-0.3, -0.25) is 4.79 Å². The van der Waals surface area contributed by atoms with Gasteiger partial charge in [-0.2, -0.15) is 0 Å².